The largest absolute Gasteiger partial charge is 0.340 e. The van der Waals surface area contributed by atoms with Gasteiger partial charge in [0.15, 0.2) is 0 Å². The molecule has 0 spiro atoms. The van der Waals surface area contributed by atoms with Crippen molar-refractivity contribution in [1.29, 1.82) is 0 Å². The molecular formula is C15H24N4O3S. The van der Waals surface area contributed by atoms with E-state index in [4.69, 9.17) is 0 Å². The Bertz CT molecular complexity index is 690. The summed E-state index contributed by atoms with van der Waals surface area (Å²) in [5.74, 6) is 0.214. The molecule has 0 bridgehead atoms. The Morgan fingerprint density at radius 3 is 2.48 bits per heavy atom. The number of nitrogens with zero attached hydrogens (tertiary/aromatic N) is 4. The molecule has 7 nitrogen and oxygen atoms in total. The number of aromatic nitrogens is 2. The number of hydrogen-bond donors (Lipinski definition) is 0. The second-order valence-electron chi connectivity index (χ2n) is 6.24. The Hall–Kier alpha value is -1.41. The Morgan fingerprint density at radius 2 is 1.96 bits per heavy atom. The average Bonchev–Trinajstić information content (AvgIpc) is 3.13. The summed E-state index contributed by atoms with van der Waals surface area (Å²) < 4.78 is 28.9. The van der Waals surface area contributed by atoms with Crippen LogP contribution in [-0.2, 0) is 21.4 Å². The van der Waals surface area contributed by atoms with Gasteiger partial charge >= 0.3 is 0 Å². The van der Waals surface area contributed by atoms with Gasteiger partial charge in [-0.15, -0.1) is 0 Å². The van der Waals surface area contributed by atoms with Crippen molar-refractivity contribution < 1.29 is 13.2 Å². The lowest BCUT2D eigenvalue weighted by molar-refractivity contribution is -0.130. The van der Waals surface area contributed by atoms with Crippen molar-refractivity contribution >= 4 is 15.9 Å². The van der Waals surface area contributed by atoms with Crippen molar-refractivity contribution in [2.75, 3.05) is 19.6 Å². The lowest BCUT2D eigenvalue weighted by Crippen LogP contribution is -2.47. The molecule has 0 saturated carbocycles. The molecule has 0 radical (unpaired) electrons. The van der Waals surface area contributed by atoms with Crippen LogP contribution < -0.4 is 0 Å². The Balaban J connectivity index is 1.71. The first-order chi connectivity index (χ1) is 10.9. The number of rotatable bonds is 4. The molecule has 3 rings (SSSR count). The maximum absolute atomic E-state index is 12.8. The quantitative estimate of drug-likeness (QED) is 0.819. The normalized spacial score (nSPS) is 21.3. The van der Waals surface area contributed by atoms with E-state index >= 15 is 0 Å². The number of carbonyl (C=O) groups excluding carboxylic acids is 1. The van der Waals surface area contributed by atoms with Gasteiger partial charge in [0.2, 0.25) is 15.9 Å². The molecule has 0 unspecified atom stereocenters. The topological polar surface area (TPSA) is 75.5 Å². The molecule has 1 amide bonds. The van der Waals surface area contributed by atoms with Gasteiger partial charge in [0.1, 0.15) is 4.90 Å². The van der Waals surface area contributed by atoms with E-state index < -0.39 is 10.0 Å². The molecule has 23 heavy (non-hydrogen) atoms. The lowest BCUT2D eigenvalue weighted by Gasteiger charge is -2.36. The lowest BCUT2D eigenvalue weighted by atomic mass is 10.1. The second kappa shape index (κ2) is 6.24. The van der Waals surface area contributed by atoms with E-state index in [0.29, 0.717) is 49.5 Å². The van der Waals surface area contributed by atoms with E-state index in [1.807, 2.05) is 11.8 Å². The average molecular weight is 340 g/mol. The zero-order valence-electron chi connectivity index (χ0n) is 13.7. The van der Waals surface area contributed by atoms with E-state index in [0.717, 1.165) is 13.0 Å². The summed E-state index contributed by atoms with van der Waals surface area (Å²) >= 11 is 0. The van der Waals surface area contributed by atoms with Crippen LogP contribution >= 0.6 is 0 Å². The fourth-order valence-corrected chi connectivity index (χ4v) is 5.22. The SMILES string of the molecule is CCn1ncc(S(=O)(=O)N2CCC(N3CCCC3=O)CC2)c1C. The number of amides is 1. The molecule has 2 fully saturated rings. The summed E-state index contributed by atoms with van der Waals surface area (Å²) in [6.07, 6.45) is 4.43. The van der Waals surface area contributed by atoms with Crippen LogP contribution in [0.15, 0.2) is 11.1 Å². The Labute approximate surface area is 137 Å². The monoisotopic (exact) mass is 340 g/mol. The first-order valence-electron chi connectivity index (χ1n) is 8.27. The third kappa shape index (κ3) is 2.89. The fraction of sp³-hybridized carbons (Fsp3) is 0.733. The second-order valence-corrected chi connectivity index (χ2v) is 8.14. The molecule has 3 heterocycles. The van der Waals surface area contributed by atoms with Crippen LogP contribution in [0.5, 0.6) is 0 Å². The van der Waals surface area contributed by atoms with E-state index in [9.17, 15) is 13.2 Å². The third-order valence-corrected chi connectivity index (χ3v) is 6.95. The number of piperidine rings is 1. The zero-order valence-corrected chi connectivity index (χ0v) is 14.5. The molecule has 2 aliphatic heterocycles. The number of hydrogen-bond acceptors (Lipinski definition) is 4. The smallest absolute Gasteiger partial charge is 0.246 e. The summed E-state index contributed by atoms with van der Waals surface area (Å²) in [5, 5.41) is 4.14. The van der Waals surface area contributed by atoms with Crippen LogP contribution in [0.4, 0.5) is 0 Å². The van der Waals surface area contributed by atoms with Crippen molar-refractivity contribution in [1.82, 2.24) is 19.0 Å². The third-order valence-electron chi connectivity index (χ3n) is 4.95. The van der Waals surface area contributed by atoms with Crippen molar-refractivity contribution in [3.05, 3.63) is 11.9 Å². The van der Waals surface area contributed by atoms with Gasteiger partial charge in [-0.2, -0.15) is 9.40 Å². The molecule has 1 aromatic rings. The highest BCUT2D eigenvalue weighted by atomic mass is 32.2. The van der Waals surface area contributed by atoms with Crippen molar-refractivity contribution in [3.8, 4) is 0 Å². The van der Waals surface area contributed by atoms with Crippen LogP contribution in [0.2, 0.25) is 0 Å². The minimum atomic E-state index is -3.50. The highest BCUT2D eigenvalue weighted by Crippen LogP contribution is 2.27. The van der Waals surface area contributed by atoms with E-state index in [1.165, 1.54) is 10.5 Å². The van der Waals surface area contributed by atoms with Crippen LogP contribution in [0.25, 0.3) is 0 Å². The van der Waals surface area contributed by atoms with Crippen LogP contribution in [0.1, 0.15) is 38.3 Å². The molecule has 128 valence electrons. The van der Waals surface area contributed by atoms with Gasteiger partial charge in [-0.3, -0.25) is 9.48 Å². The van der Waals surface area contributed by atoms with Crippen LogP contribution in [-0.4, -0.2) is 59.0 Å². The zero-order chi connectivity index (χ0) is 16.6. The maximum atomic E-state index is 12.8. The number of aryl methyl sites for hydroxylation is 1. The van der Waals surface area contributed by atoms with Gasteiger partial charge < -0.3 is 4.90 Å². The predicted octanol–water partition coefficient (Wildman–Crippen LogP) is 0.987. The first-order valence-corrected chi connectivity index (χ1v) is 9.71. The number of carbonyl (C=O) groups is 1. The summed E-state index contributed by atoms with van der Waals surface area (Å²) in [7, 11) is -3.50. The molecule has 1 aromatic heterocycles. The number of sulfonamides is 1. The Morgan fingerprint density at radius 1 is 1.26 bits per heavy atom. The van der Waals surface area contributed by atoms with Crippen LogP contribution in [0.3, 0.4) is 0 Å². The highest BCUT2D eigenvalue weighted by molar-refractivity contribution is 7.89. The van der Waals surface area contributed by atoms with E-state index in [1.54, 1.807) is 11.6 Å². The van der Waals surface area contributed by atoms with Crippen molar-refractivity contribution in [2.24, 2.45) is 0 Å². The van der Waals surface area contributed by atoms with Crippen molar-refractivity contribution in [3.63, 3.8) is 0 Å². The summed E-state index contributed by atoms with van der Waals surface area (Å²) in [5.41, 5.74) is 0.685. The minimum absolute atomic E-state index is 0.191. The van der Waals surface area contributed by atoms with Gasteiger partial charge in [-0.1, -0.05) is 0 Å². The molecule has 8 heteroatoms. The molecule has 2 saturated heterocycles. The van der Waals surface area contributed by atoms with Crippen LogP contribution in [0, 0.1) is 6.92 Å². The highest BCUT2D eigenvalue weighted by Gasteiger charge is 2.35. The maximum Gasteiger partial charge on any atom is 0.246 e. The molecule has 0 atom stereocenters. The van der Waals surface area contributed by atoms with Gasteiger partial charge in [-0.25, -0.2) is 8.42 Å². The minimum Gasteiger partial charge on any atom is -0.340 e. The molecular weight excluding hydrogens is 316 g/mol. The van der Waals surface area contributed by atoms with Gasteiger partial charge in [0, 0.05) is 38.6 Å². The summed E-state index contributed by atoms with van der Waals surface area (Å²) in [6, 6.07) is 0.191. The van der Waals surface area contributed by atoms with Gasteiger partial charge in [0.05, 0.1) is 11.9 Å². The molecule has 0 aliphatic carbocycles. The number of likely N-dealkylation sites (tertiary alicyclic amines) is 1. The fourth-order valence-electron chi connectivity index (χ4n) is 3.59. The van der Waals surface area contributed by atoms with Crippen molar-refractivity contribution in [2.45, 2.75) is 57.0 Å². The standard InChI is InChI=1S/C15H24N4O3S/c1-3-19-12(2)14(11-16-19)23(21,22)17-9-6-13(7-10-17)18-8-4-5-15(18)20/h11,13H,3-10H2,1-2H3. The molecule has 2 aliphatic rings. The summed E-state index contributed by atoms with van der Waals surface area (Å²) in [4.78, 5) is 14.1. The predicted molar refractivity (Wildman–Crippen MR) is 85.4 cm³/mol. The summed E-state index contributed by atoms with van der Waals surface area (Å²) in [6.45, 7) is 6.13. The van der Waals surface area contributed by atoms with E-state index in [-0.39, 0.29) is 11.9 Å². The van der Waals surface area contributed by atoms with Gasteiger partial charge in [0.25, 0.3) is 0 Å². The molecule has 0 N–H and O–H groups in total. The van der Waals surface area contributed by atoms with Gasteiger partial charge in [-0.05, 0) is 33.1 Å². The molecule has 0 aromatic carbocycles. The first kappa shape index (κ1) is 16.4. The van der Waals surface area contributed by atoms with E-state index in [2.05, 4.69) is 5.10 Å². The Kier molecular flexibility index (Phi) is 4.46.